The van der Waals surface area contributed by atoms with E-state index in [9.17, 15) is 0 Å². The third-order valence-corrected chi connectivity index (χ3v) is 2.87. The van der Waals surface area contributed by atoms with Crippen molar-refractivity contribution in [1.29, 1.82) is 0 Å². The van der Waals surface area contributed by atoms with E-state index in [1.54, 1.807) is 0 Å². The van der Waals surface area contributed by atoms with Crippen LogP contribution in [-0.2, 0) is 9.47 Å². The van der Waals surface area contributed by atoms with Crippen LogP contribution in [0.5, 0.6) is 0 Å². The maximum atomic E-state index is 5.90. The summed E-state index contributed by atoms with van der Waals surface area (Å²) in [5.74, 6) is -0.201. The molecule has 0 aliphatic carbocycles. The molecule has 0 aromatic rings. The minimum atomic E-state index is -0.201. The third kappa shape index (κ3) is 1.09. The highest BCUT2D eigenvalue weighted by Gasteiger charge is 2.49. The molecule has 0 radical (unpaired) electrons. The van der Waals surface area contributed by atoms with Gasteiger partial charge in [-0.1, -0.05) is 6.92 Å². The van der Waals surface area contributed by atoms with E-state index in [4.69, 9.17) is 9.47 Å². The van der Waals surface area contributed by atoms with Gasteiger partial charge in [-0.2, -0.15) is 0 Å². The zero-order valence-corrected chi connectivity index (χ0v) is 7.35. The molecule has 2 heteroatoms. The van der Waals surface area contributed by atoms with Gasteiger partial charge in [-0.05, 0) is 26.2 Å². The van der Waals surface area contributed by atoms with Crippen LogP contribution in [0.15, 0.2) is 0 Å². The highest BCUT2D eigenvalue weighted by Crippen LogP contribution is 2.44. The average molecular weight is 156 g/mol. The van der Waals surface area contributed by atoms with Crippen LogP contribution < -0.4 is 0 Å². The summed E-state index contributed by atoms with van der Waals surface area (Å²) >= 11 is 0. The molecular weight excluding hydrogens is 140 g/mol. The average Bonchev–Trinajstić information content (AvgIpc) is 2.24. The van der Waals surface area contributed by atoms with E-state index in [1.165, 1.54) is 6.42 Å². The largest absolute Gasteiger partial charge is 0.347 e. The zero-order valence-electron chi connectivity index (χ0n) is 7.35. The van der Waals surface area contributed by atoms with Crippen molar-refractivity contribution in [2.45, 2.75) is 50.9 Å². The lowest BCUT2D eigenvalue weighted by Gasteiger charge is -2.34. The first-order valence-corrected chi connectivity index (χ1v) is 4.52. The van der Waals surface area contributed by atoms with E-state index in [0.29, 0.717) is 0 Å². The summed E-state index contributed by atoms with van der Waals surface area (Å²) in [5, 5.41) is 0. The molecule has 0 N–H and O–H groups in total. The maximum Gasteiger partial charge on any atom is 0.169 e. The van der Waals surface area contributed by atoms with Gasteiger partial charge in [-0.15, -0.1) is 0 Å². The van der Waals surface area contributed by atoms with Crippen molar-refractivity contribution >= 4 is 0 Å². The normalized spacial score (nSPS) is 49.6. The molecule has 64 valence electrons. The highest BCUT2D eigenvalue weighted by molar-refractivity contribution is 4.91. The summed E-state index contributed by atoms with van der Waals surface area (Å²) < 4.78 is 11.6. The number of hydrogen-bond acceptors (Lipinski definition) is 2. The predicted molar refractivity (Wildman–Crippen MR) is 42.3 cm³/mol. The van der Waals surface area contributed by atoms with Crippen molar-refractivity contribution < 1.29 is 9.47 Å². The summed E-state index contributed by atoms with van der Waals surface area (Å²) in [6.07, 6.45) is 4.49. The topological polar surface area (TPSA) is 18.5 Å². The van der Waals surface area contributed by atoms with Crippen LogP contribution in [0.25, 0.3) is 0 Å². The van der Waals surface area contributed by atoms with Gasteiger partial charge in [0.05, 0.1) is 12.2 Å². The minimum Gasteiger partial charge on any atom is -0.347 e. The standard InChI is InChI=1S/C9H16O2/c1-3-9-6-4-5-8(2,11-9)7-10-9/h3-7H2,1-2H3. The number of rotatable bonds is 1. The Bertz CT molecular complexity index is 169. The molecule has 2 fully saturated rings. The molecule has 2 unspecified atom stereocenters. The van der Waals surface area contributed by atoms with E-state index in [1.807, 2.05) is 0 Å². The Kier molecular flexibility index (Phi) is 1.52. The van der Waals surface area contributed by atoms with E-state index in [-0.39, 0.29) is 11.4 Å². The molecule has 2 atom stereocenters. The molecule has 2 aliphatic heterocycles. The second-order valence-electron chi connectivity index (χ2n) is 3.96. The Labute approximate surface area is 67.9 Å². The quantitative estimate of drug-likeness (QED) is 0.578. The number of fused-ring (bicyclic) bond motifs is 2. The van der Waals surface area contributed by atoms with Gasteiger partial charge < -0.3 is 9.47 Å². The van der Waals surface area contributed by atoms with Crippen molar-refractivity contribution in [3.8, 4) is 0 Å². The minimum absolute atomic E-state index is 0.0360. The summed E-state index contributed by atoms with van der Waals surface area (Å²) in [5.41, 5.74) is 0.0360. The van der Waals surface area contributed by atoms with Crippen molar-refractivity contribution in [3.63, 3.8) is 0 Å². The molecule has 2 saturated heterocycles. The fraction of sp³-hybridized carbons (Fsp3) is 1.00. The van der Waals surface area contributed by atoms with Gasteiger partial charge in [0.2, 0.25) is 0 Å². The van der Waals surface area contributed by atoms with E-state index >= 15 is 0 Å². The molecule has 2 heterocycles. The Hall–Kier alpha value is -0.0800. The summed E-state index contributed by atoms with van der Waals surface area (Å²) in [7, 11) is 0. The fourth-order valence-corrected chi connectivity index (χ4v) is 2.12. The van der Waals surface area contributed by atoms with Crippen LogP contribution in [-0.4, -0.2) is 18.0 Å². The summed E-state index contributed by atoms with van der Waals surface area (Å²) in [6.45, 7) is 5.08. The second-order valence-corrected chi connectivity index (χ2v) is 3.96. The highest BCUT2D eigenvalue weighted by atomic mass is 16.8. The molecule has 0 aromatic heterocycles. The molecule has 11 heavy (non-hydrogen) atoms. The lowest BCUT2D eigenvalue weighted by Crippen LogP contribution is -2.38. The maximum absolute atomic E-state index is 5.90. The SMILES string of the molecule is CCC12CCCC(C)(CO1)O2. The molecule has 2 aliphatic rings. The van der Waals surface area contributed by atoms with Crippen LogP contribution in [0.4, 0.5) is 0 Å². The van der Waals surface area contributed by atoms with Crippen LogP contribution in [0.2, 0.25) is 0 Å². The monoisotopic (exact) mass is 156 g/mol. The molecule has 2 bridgehead atoms. The first kappa shape index (κ1) is 7.56. The van der Waals surface area contributed by atoms with Crippen molar-refractivity contribution in [1.82, 2.24) is 0 Å². The fourth-order valence-electron chi connectivity index (χ4n) is 2.12. The lowest BCUT2D eigenvalue weighted by molar-refractivity contribution is -0.209. The first-order chi connectivity index (χ1) is 5.18. The smallest absolute Gasteiger partial charge is 0.169 e. The molecular formula is C9H16O2. The van der Waals surface area contributed by atoms with Gasteiger partial charge in [-0.3, -0.25) is 0 Å². The summed E-state index contributed by atoms with van der Waals surface area (Å²) in [4.78, 5) is 0. The van der Waals surface area contributed by atoms with Crippen molar-refractivity contribution in [2.75, 3.05) is 6.61 Å². The molecule has 0 aromatic carbocycles. The molecule has 2 rings (SSSR count). The van der Waals surface area contributed by atoms with Gasteiger partial charge in [0, 0.05) is 6.42 Å². The first-order valence-electron chi connectivity index (χ1n) is 4.52. The van der Waals surface area contributed by atoms with Gasteiger partial charge in [0.15, 0.2) is 5.79 Å². The Morgan fingerprint density at radius 1 is 1.36 bits per heavy atom. The van der Waals surface area contributed by atoms with Crippen molar-refractivity contribution in [2.24, 2.45) is 0 Å². The van der Waals surface area contributed by atoms with Crippen LogP contribution in [0.3, 0.4) is 0 Å². The molecule has 0 amide bonds. The van der Waals surface area contributed by atoms with Gasteiger partial charge >= 0.3 is 0 Å². The predicted octanol–water partition coefficient (Wildman–Crippen LogP) is 2.08. The molecule has 0 spiro atoms. The summed E-state index contributed by atoms with van der Waals surface area (Å²) in [6, 6.07) is 0. The number of hydrogen-bond donors (Lipinski definition) is 0. The van der Waals surface area contributed by atoms with Crippen LogP contribution >= 0.6 is 0 Å². The van der Waals surface area contributed by atoms with E-state index in [0.717, 1.165) is 25.9 Å². The Morgan fingerprint density at radius 2 is 2.18 bits per heavy atom. The van der Waals surface area contributed by atoms with Gasteiger partial charge in [0.1, 0.15) is 0 Å². The van der Waals surface area contributed by atoms with Gasteiger partial charge in [0.25, 0.3) is 0 Å². The van der Waals surface area contributed by atoms with Crippen LogP contribution in [0, 0.1) is 0 Å². The molecule has 2 nitrogen and oxygen atoms in total. The molecule has 0 saturated carbocycles. The number of ether oxygens (including phenoxy) is 2. The van der Waals surface area contributed by atoms with Gasteiger partial charge in [-0.25, -0.2) is 0 Å². The second kappa shape index (κ2) is 2.20. The zero-order chi connectivity index (χ0) is 7.95. The van der Waals surface area contributed by atoms with E-state index < -0.39 is 0 Å². The Balaban J connectivity index is 2.17. The Morgan fingerprint density at radius 3 is 2.82 bits per heavy atom. The van der Waals surface area contributed by atoms with Crippen LogP contribution in [0.1, 0.15) is 39.5 Å². The lowest BCUT2D eigenvalue weighted by atomic mass is 9.94. The van der Waals surface area contributed by atoms with E-state index in [2.05, 4.69) is 13.8 Å². The third-order valence-electron chi connectivity index (χ3n) is 2.87. The van der Waals surface area contributed by atoms with Crippen molar-refractivity contribution in [3.05, 3.63) is 0 Å².